The van der Waals surface area contributed by atoms with Crippen LogP contribution in [0.1, 0.15) is 42.1 Å². The van der Waals surface area contributed by atoms with Crippen molar-refractivity contribution in [1.82, 2.24) is 4.31 Å². The predicted molar refractivity (Wildman–Crippen MR) is 147 cm³/mol. The van der Waals surface area contributed by atoms with Gasteiger partial charge in [-0.25, -0.2) is 13.2 Å². The molecular formula is C28H29F3N2O4S2. The number of carboxylic acids is 1. The topological polar surface area (TPSA) is 77.9 Å². The van der Waals surface area contributed by atoms with Crippen LogP contribution in [0.4, 0.5) is 24.5 Å². The summed E-state index contributed by atoms with van der Waals surface area (Å²) in [6.07, 6.45) is -0.663. The van der Waals surface area contributed by atoms with Gasteiger partial charge in [-0.3, -0.25) is 0 Å². The molecular weight excluding hydrogens is 549 g/mol. The number of fused-ring (bicyclic) bond motifs is 1. The number of carbonyl (C=O) groups is 1. The Kier molecular flexibility index (Phi) is 8.34. The SMILES string of the molecule is CCCCC1CN(c2ccccc2)c2cc(SC)c(-c3ccc(C(F)(F)F)c(C(=O)O)c3)cc2S(=O)(=O)N1C. The number of alkyl halides is 3. The van der Waals surface area contributed by atoms with Gasteiger partial charge in [0.1, 0.15) is 4.90 Å². The molecule has 6 nitrogen and oxygen atoms in total. The second-order valence-corrected chi connectivity index (χ2v) is 12.2. The first-order valence-corrected chi connectivity index (χ1v) is 15.0. The minimum Gasteiger partial charge on any atom is -0.478 e. The fourth-order valence-corrected chi connectivity index (χ4v) is 7.04. The largest absolute Gasteiger partial charge is 0.478 e. The van der Waals surface area contributed by atoms with Gasteiger partial charge in [0.25, 0.3) is 0 Å². The Bertz CT molecular complexity index is 1480. The number of thioether (sulfide) groups is 1. The molecule has 0 aliphatic carbocycles. The summed E-state index contributed by atoms with van der Waals surface area (Å²) in [6, 6.07) is 15.2. The number of hydrogen-bond acceptors (Lipinski definition) is 5. The first-order chi connectivity index (χ1) is 18.4. The number of likely N-dealkylation sites (N-methyl/N-ethyl adjacent to an activating group) is 1. The number of nitrogens with zero attached hydrogens (tertiary/aromatic N) is 2. The summed E-state index contributed by atoms with van der Waals surface area (Å²) in [6.45, 7) is 2.46. The van der Waals surface area contributed by atoms with Crippen molar-refractivity contribution >= 4 is 39.1 Å². The fraction of sp³-hybridized carbons (Fsp3) is 0.321. The van der Waals surface area contributed by atoms with Gasteiger partial charge < -0.3 is 10.0 Å². The standard InChI is InChI=1S/C28H29F3N2O4S2/c1-4-5-9-20-17-33(19-10-7-6-8-11-19)24-16-25(38-3)21(15-26(24)39(36,37)32(20)2)18-12-13-23(28(29,30)31)22(14-18)27(34)35/h6-8,10-16,20H,4-5,9,17H2,1-3H3,(H,34,35). The Hall–Kier alpha value is -3.02. The zero-order valence-electron chi connectivity index (χ0n) is 21.7. The van der Waals surface area contributed by atoms with E-state index < -0.39 is 33.3 Å². The van der Waals surface area contributed by atoms with Gasteiger partial charge in [0.2, 0.25) is 10.0 Å². The summed E-state index contributed by atoms with van der Waals surface area (Å²) in [7, 11) is -2.45. The molecule has 4 rings (SSSR count). The van der Waals surface area contributed by atoms with Crippen molar-refractivity contribution in [3.63, 3.8) is 0 Å². The van der Waals surface area contributed by atoms with Crippen molar-refractivity contribution in [2.24, 2.45) is 0 Å². The van der Waals surface area contributed by atoms with E-state index in [2.05, 4.69) is 0 Å². The lowest BCUT2D eigenvalue weighted by molar-refractivity contribution is -0.138. The molecule has 0 radical (unpaired) electrons. The molecule has 0 saturated heterocycles. The number of aromatic carboxylic acids is 1. The highest BCUT2D eigenvalue weighted by atomic mass is 32.2. The maximum absolute atomic E-state index is 14.0. The van der Waals surface area contributed by atoms with Gasteiger partial charge in [-0.2, -0.15) is 17.5 Å². The molecule has 1 atom stereocenters. The van der Waals surface area contributed by atoms with Crippen LogP contribution in [0.5, 0.6) is 0 Å². The lowest BCUT2D eigenvalue weighted by atomic mass is 9.98. The number of sulfonamides is 1. The number of unbranched alkanes of at least 4 members (excludes halogenated alkanes) is 1. The van der Waals surface area contributed by atoms with Crippen molar-refractivity contribution in [2.45, 2.75) is 48.2 Å². The van der Waals surface area contributed by atoms with Crippen LogP contribution in [0.15, 0.2) is 70.5 Å². The summed E-state index contributed by atoms with van der Waals surface area (Å²) in [5.74, 6) is -1.72. The highest BCUT2D eigenvalue weighted by molar-refractivity contribution is 7.98. The molecule has 1 unspecified atom stereocenters. The molecule has 0 fully saturated rings. The van der Waals surface area contributed by atoms with Gasteiger partial charge in [0.15, 0.2) is 0 Å². The van der Waals surface area contributed by atoms with Gasteiger partial charge >= 0.3 is 12.1 Å². The van der Waals surface area contributed by atoms with E-state index >= 15 is 0 Å². The number of halogens is 3. The summed E-state index contributed by atoms with van der Waals surface area (Å²) >= 11 is 1.30. The monoisotopic (exact) mass is 578 g/mol. The molecule has 0 spiro atoms. The minimum atomic E-state index is -4.85. The molecule has 1 N–H and O–H groups in total. The normalized spacial score (nSPS) is 17.5. The number of anilines is 2. The molecule has 1 aliphatic rings. The van der Waals surface area contributed by atoms with E-state index in [1.165, 1.54) is 28.2 Å². The Morgan fingerprint density at radius 2 is 1.79 bits per heavy atom. The molecule has 1 heterocycles. The third kappa shape index (κ3) is 5.66. The third-order valence-electron chi connectivity index (χ3n) is 6.96. The minimum absolute atomic E-state index is 0.0115. The zero-order valence-corrected chi connectivity index (χ0v) is 23.3. The molecule has 3 aromatic carbocycles. The number of hydrogen-bond donors (Lipinski definition) is 1. The first kappa shape index (κ1) is 29.0. The van der Waals surface area contributed by atoms with E-state index in [1.807, 2.05) is 42.2 Å². The first-order valence-electron chi connectivity index (χ1n) is 12.4. The number of benzene rings is 3. The summed E-state index contributed by atoms with van der Waals surface area (Å²) < 4.78 is 69.7. The van der Waals surface area contributed by atoms with E-state index in [9.17, 15) is 31.5 Å². The van der Waals surface area contributed by atoms with Crippen molar-refractivity contribution in [3.05, 3.63) is 71.8 Å². The van der Waals surface area contributed by atoms with Crippen molar-refractivity contribution in [1.29, 1.82) is 0 Å². The van der Waals surface area contributed by atoms with Crippen LogP contribution in [0.3, 0.4) is 0 Å². The van der Waals surface area contributed by atoms with Gasteiger partial charge in [-0.15, -0.1) is 11.8 Å². The van der Waals surface area contributed by atoms with Crippen LogP contribution in [-0.4, -0.2) is 49.7 Å². The fourth-order valence-electron chi connectivity index (χ4n) is 4.84. The van der Waals surface area contributed by atoms with Gasteiger partial charge in [-0.05, 0) is 60.2 Å². The summed E-state index contributed by atoms with van der Waals surface area (Å²) in [4.78, 5) is 14.3. The maximum atomic E-state index is 14.0. The van der Waals surface area contributed by atoms with E-state index in [-0.39, 0.29) is 16.5 Å². The lowest BCUT2D eigenvalue weighted by Crippen LogP contribution is -2.40. The van der Waals surface area contributed by atoms with Gasteiger partial charge in [-0.1, -0.05) is 44.0 Å². The van der Waals surface area contributed by atoms with Crippen molar-refractivity contribution in [3.8, 4) is 11.1 Å². The summed E-state index contributed by atoms with van der Waals surface area (Å²) in [5.41, 5.74) is -0.357. The van der Waals surface area contributed by atoms with Gasteiger partial charge in [0.05, 0.1) is 16.8 Å². The highest BCUT2D eigenvalue weighted by Crippen LogP contribution is 2.44. The molecule has 1 aliphatic heterocycles. The van der Waals surface area contributed by atoms with Crippen LogP contribution in [-0.2, 0) is 16.2 Å². The molecule has 0 bridgehead atoms. The van der Waals surface area contributed by atoms with Crippen LogP contribution in [0.2, 0.25) is 0 Å². The second kappa shape index (κ2) is 11.2. The molecule has 0 aromatic heterocycles. The average Bonchev–Trinajstić information content (AvgIpc) is 2.98. The lowest BCUT2D eigenvalue weighted by Gasteiger charge is -2.29. The maximum Gasteiger partial charge on any atom is 0.417 e. The van der Waals surface area contributed by atoms with Gasteiger partial charge in [0, 0.05) is 30.2 Å². The number of rotatable bonds is 7. The summed E-state index contributed by atoms with van der Waals surface area (Å²) in [5, 5.41) is 9.52. The zero-order chi connectivity index (χ0) is 28.5. The van der Waals surface area contributed by atoms with Crippen molar-refractivity contribution < 1.29 is 31.5 Å². The Balaban J connectivity index is 1.98. The van der Waals surface area contributed by atoms with E-state index in [4.69, 9.17) is 0 Å². The predicted octanol–water partition coefficient (Wildman–Crippen LogP) is 7.12. The number of para-hydroxylation sites is 1. The van der Waals surface area contributed by atoms with E-state index in [0.29, 0.717) is 29.1 Å². The Morgan fingerprint density at radius 3 is 2.38 bits per heavy atom. The van der Waals surface area contributed by atoms with E-state index in [1.54, 1.807) is 19.4 Å². The average molecular weight is 579 g/mol. The number of carboxylic acid groups (broad SMARTS) is 1. The van der Waals surface area contributed by atoms with Crippen LogP contribution in [0.25, 0.3) is 11.1 Å². The highest BCUT2D eigenvalue weighted by Gasteiger charge is 2.38. The third-order valence-corrected chi connectivity index (χ3v) is 9.68. The Labute approximate surface area is 230 Å². The molecule has 0 saturated carbocycles. The van der Waals surface area contributed by atoms with Crippen LogP contribution in [0, 0.1) is 0 Å². The molecule has 3 aromatic rings. The van der Waals surface area contributed by atoms with Crippen LogP contribution < -0.4 is 4.90 Å². The molecule has 39 heavy (non-hydrogen) atoms. The Morgan fingerprint density at radius 1 is 1.10 bits per heavy atom. The second-order valence-electron chi connectivity index (χ2n) is 9.35. The molecule has 208 valence electrons. The van der Waals surface area contributed by atoms with Crippen molar-refractivity contribution in [2.75, 3.05) is 24.7 Å². The molecule has 11 heteroatoms. The van der Waals surface area contributed by atoms with Crippen LogP contribution >= 0.6 is 11.8 Å². The van der Waals surface area contributed by atoms with E-state index in [0.717, 1.165) is 30.7 Å². The smallest absolute Gasteiger partial charge is 0.417 e. The molecule has 0 amide bonds. The quantitative estimate of drug-likeness (QED) is 0.301.